The van der Waals surface area contributed by atoms with Crippen LogP contribution in [0.2, 0.25) is 0 Å². The first-order chi connectivity index (χ1) is 9.45. The van der Waals surface area contributed by atoms with Crippen LogP contribution in [0.25, 0.3) is 0 Å². The largest absolute Gasteiger partial charge is 0.323 e. The van der Waals surface area contributed by atoms with E-state index >= 15 is 0 Å². The lowest BCUT2D eigenvalue weighted by molar-refractivity contribution is 0.262. The highest BCUT2D eigenvalue weighted by molar-refractivity contribution is 6.00. The Morgan fingerprint density at radius 2 is 1.65 bits per heavy atom. The Morgan fingerprint density at radius 1 is 1.00 bits per heavy atom. The summed E-state index contributed by atoms with van der Waals surface area (Å²) in [7, 11) is 0. The van der Waals surface area contributed by atoms with Gasteiger partial charge in [0.25, 0.3) is 0 Å². The number of nitrogens with one attached hydrogen (secondary N) is 2. The first-order valence-corrected chi connectivity index (χ1v) is 5.75. The summed E-state index contributed by atoms with van der Waals surface area (Å²) in [6.45, 7) is 1.51. The van der Waals surface area contributed by atoms with Crippen molar-refractivity contribution in [3.8, 4) is 0 Å². The standard InChI is InChI=1S/C14H11F3N2O/c1-8-12(17)3-2-4-13(8)19-14(20)18-11-6-9(15)5-10(16)7-11/h2-7H,1H3,(H2,18,19,20). The minimum absolute atomic E-state index is 0.0333. The third-order valence-electron chi connectivity index (χ3n) is 2.64. The van der Waals surface area contributed by atoms with E-state index in [1.807, 2.05) is 0 Å². The summed E-state index contributed by atoms with van der Waals surface area (Å²) in [6.07, 6.45) is 0. The summed E-state index contributed by atoms with van der Waals surface area (Å²) in [5, 5.41) is 4.67. The van der Waals surface area contributed by atoms with Gasteiger partial charge in [-0.05, 0) is 31.2 Å². The summed E-state index contributed by atoms with van der Waals surface area (Å²) in [6, 6.07) is 6.15. The molecule has 3 nitrogen and oxygen atoms in total. The smallest absolute Gasteiger partial charge is 0.308 e. The summed E-state index contributed by atoms with van der Waals surface area (Å²) in [5.41, 5.74) is 0.515. The lowest BCUT2D eigenvalue weighted by Gasteiger charge is -2.10. The Kier molecular flexibility index (Phi) is 3.93. The average molecular weight is 280 g/mol. The molecule has 6 heteroatoms. The predicted octanol–water partition coefficient (Wildman–Crippen LogP) is 4.06. The second kappa shape index (κ2) is 5.64. The molecule has 0 heterocycles. The monoisotopic (exact) mass is 280 g/mol. The maximum absolute atomic E-state index is 13.3. The highest BCUT2D eigenvalue weighted by Gasteiger charge is 2.08. The number of hydrogen-bond donors (Lipinski definition) is 2. The van der Waals surface area contributed by atoms with Crippen molar-refractivity contribution in [3.05, 3.63) is 59.4 Å². The second-order valence-corrected chi connectivity index (χ2v) is 4.15. The fourth-order valence-corrected chi connectivity index (χ4v) is 1.65. The third kappa shape index (κ3) is 3.28. The van der Waals surface area contributed by atoms with E-state index in [0.29, 0.717) is 6.07 Å². The second-order valence-electron chi connectivity index (χ2n) is 4.15. The normalized spacial score (nSPS) is 10.2. The van der Waals surface area contributed by atoms with Crippen LogP contribution in [-0.2, 0) is 0 Å². The molecule has 0 aliphatic carbocycles. The molecule has 2 aromatic rings. The number of anilines is 2. The molecule has 2 aromatic carbocycles. The maximum Gasteiger partial charge on any atom is 0.323 e. The fraction of sp³-hybridized carbons (Fsp3) is 0.0714. The van der Waals surface area contributed by atoms with Crippen LogP contribution in [0.15, 0.2) is 36.4 Å². The molecule has 0 atom stereocenters. The molecular weight excluding hydrogens is 269 g/mol. The van der Waals surface area contributed by atoms with Gasteiger partial charge in [0.2, 0.25) is 0 Å². The van der Waals surface area contributed by atoms with Crippen molar-refractivity contribution in [2.24, 2.45) is 0 Å². The molecule has 0 saturated carbocycles. The minimum atomic E-state index is -0.803. The Labute approximate surface area is 113 Å². The van der Waals surface area contributed by atoms with Gasteiger partial charge in [0.05, 0.1) is 0 Å². The first-order valence-electron chi connectivity index (χ1n) is 5.75. The molecule has 0 aromatic heterocycles. The van der Waals surface area contributed by atoms with Crippen molar-refractivity contribution in [1.82, 2.24) is 0 Å². The van der Waals surface area contributed by atoms with Gasteiger partial charge in [-0.3, -0.25) is 0 Å². The summed E-state index contributed by atoms with van der Waals surface area (Å²) >= 11 is 0. The Hall–Kier alpha value is -2.50. The number of benzene rings is 2. The fourth-order valence-electron chi connectivity index (χ4n) is 1.65. The molecule has 0 unspecified atom stereocenters. The quantitative estimate of drug-likeness (QED) is 0.855. The summed E-state index contributed by atoms with van der Waals surface area (Å²) < 4.78 is 39.2. The summed E-state index contributed by atoms with van der Waals surface area (Å²) in [5.74, 6) is -2.07. The SMILES string of the molecule is Cc1c(F)cccc1NC(=O)Nc1cc(F)cc(F)c1. The number of carbonyl (C=O) groups is 1. The molecule has 0 aliphatic rings. The van der Waals surface area contributed by atoms with Crippen LogP contribution in [0.3, 0.4) is 0 Å². The van der Waals surface area contributed by atoms with Gasteiger partial charge in [0.1, 0.15) is 17.5 Å². The minimum Gasteiger partial charge on any atom is -0.308 e. The van der Waals surface area contributed by atoms with E-state index in [1.54, 1.807) is 0 Å². The molecule has 104 valence electrons. The van der Waals surface area contributed by atoms with Gasteiger partial charge in [0.15, 0.2) is 0 Å². The molecule has 0 aliphatic heterocycles. The van der Waals surface area contributed by atoms with Crippen molar-refractivity contribution >= 4 is 17.4 Å². The molecule has 0 saturated heterocycles. The topological polar surface area (TPSA) is 41.1 Å². The van der Waals surface area contributed by atoms with Gasteiger partial charge in [-0.25, -0.2) is 18.0 Å². The molecule has 20 heavy (non-hydrogen) atoms. The Bertz CT molecular complexity index is 639. The van der Waals surface area contributed by atoms with Gasteiger partial charge in [-0.15, -0.1) is 0 Å². The van der Waals surface area contributed by atoms with Gasteiger partial charge >= 0.3 is 6.03 Å². The third-order valence-corrected chi connectivity index (χ3v) is 2.64. The van der Waals surface area contributed by atoms with Crippen LogP contribution in [0.4, 0.5) is 29.3 Å². The number of urea groups is 1. The van der Waals surface area contributed by atoms with Crippen LogP contribution in [-0.4, -0.2) is 6.03 Å². The molecule has 2 rings (SSSR count). The van der Waals surface area contributed by atoms with Crippen molar-refractivity contribution in [2.75, 3.05) is 10.6 Å². The molecule has 0 radical (unpaired) electrons. The van der Waals surface area contributed by atoms with Gasteiger partial charge in [-0.1, -0.05) is 6.07 Å². The Morgan fingerprint density at radius 3 is 2.30 bits per heavy atom. The molecular formula is C14H11F3N2O. The summed E-state index contributed by atoms with van der Waals surface area (Å²) in [4.78, 5) is 11.7. The zero-order chi connectivity index (χ0) is 14.7. The average Bonchev–Trinajstić information content (AvgIpc) is 2.33. The molecule has 0 fully saturated rings. The number of hydrogen-bond acceptors (Lipinski definition) is 1. The van der Waals surface area contributed by atoms with Gasteiger partial charge < -0.3 is 10.6 Å². The number of rotatable bonds is 2. The lowest BCUT2D eigenvalue weighted by Crippen LogP contribution is -2.20. The van der Waals surface area contributed by atoms with E-state index in [9.17, 15) is 18.0 Å². The Balaban J connectivity index is 2.11. The van der Waals surface area contributed by atoms with Gasteiger partial charge in [0, 0.05) is 23.0 Å². The van der Waals surface area contributed by atoms with E-state index in [1.165, 1.54) is 25.1 Å². The van der Waals surface area contributed by atoms with E-state index in [2.05, 4.69) is 10.6 Å². The molecule has 0 spiro atoms. The van der Waals surface area contributed by atoms with Crippen LogP contribution in [0.1, 0.15) is 5.56 Å². The van der Waals surface area contributed by atoms with E-state index in [-0.39, 0.29) is 16.9 Å². The zero-order valence-electron chi connectivity index (χ0n) is 10.5. The van der Waals surface area contributed by atoms with E-state index in [0.717, 1.165) is 12.1 Å². The highest BCUT2D eigenvalue weighted by Crippen LogP contribution is 2.18. The van der Waals surface area contributed by atoms with Gasteiger partial charge in [-0.2, -0.15) is 0 Å². The van der Waals surface area contributed by atoms with Crippen molar-refractivity contribution < 1.29 is 18.0 Å². The highest BCUT2D eigenvalue weighted by atomic mass is 19.1. The van der Waals surface area contributed by atoms with Crippen LogP contribution in [0, 0.1) is 24.4 Å². The molecule has 2 amide bonds. The molecule has 2 N–H and O–H groups in total. The van der Waals surface area contributed by atoms with Crippen LogP contribution < -0.4 is 10.6 Å². The number of carbonyl (C=O) groups excluding carboxylic acids is 1. The van der Waals surface area contributed by atoms with Crippen LogP contribution in [0.5, 0.6) is 0 Å². The van der Waals surface area contributed by atoms with E-state index < -0.39 is 23.5 Å². The zero-order valence-corrected chi connectivity index (χ0v) is 10.5. The number of halogens is 3. The predicted molar refractivity (Wildman–Crippen MR) is 70.1 cm³/mol. The first kappa shape index (κ1) is 13.9. The van der Waals surface area contributed by atoms with Crippen molar-refractivity contribution in [3.63, 3.8) is 0 Å². The van der Waals surface area contributed by atoms with Crippen LogP contribution >= 0.6 is 0 Å². The maximum atomic E-state index is 13.3. The van der Waals surface area contributed by atoms with Crippen molar-refractivity contribution in [1.29, 1.82) is 0 Å². The van der Waals surface area contributed by atoms with E-state index in [4.69, 9.17) is 0 Å². The van der Waals surface area contributed by atoms with Crippen molar-refractivity contribution in [2.45, 2.75) is 6.92 Å². The molecule has 0 bridgehead atoms. The number of amides is 2. The lowest BCUT2D eigenvalue weighted by atomic mass is 10.2.